The molecule has 3 aromatic rings. The number of anilines is 1. The van der Waals surface area contributed by atoms with Gasteiger partial charge in [-0.15, -0.1) is 0 Å². The number of nitro benzene ring substituents is 1. The Bertz CT molecular complexity index is 1170. The fourth-order valence-electron chi connectivity index (χ4n) is 3.74. The van der Waals surface area contributed by atoms with Gasteiger partial charge in [-0.25, -0.2) is 4.39 Å². The SMILES string of the molecule is COc1cc(C2C=C(c3ccc([N+](=O)[O-])cc3)NN2c2ccc(F)cc2)cc(OC)c1OC. The van der Waals surface area contributed by atoms with Crippen LogP contribution < -0.4 is 24.6 Å². The van der Waals surface area contributed by atoms with Crippen molar-refractivity contribution in [2.45, 2.75) is 6.04 Å². The lowest BCUT2D eigenvalue weighted by molar-refractivity contribution is -0.384. The summed E-state index contributed by atoms with van der Waals surface area (Å²) in [5.74, 6) is 1.14. The van der Waals surface area contributed by atoms with Crippen molar-refractivity contribution in [3.63, 3.8) is 0 Å². The zero-order valence-corrected chi connectivity index (χ0v) is 18.2. The highest BCUT2D eigenvalue weighted by molar-refractivity contribution is 5.73. The highest BCUT2D eigenvalue weighted by atomic mass is 19.1. The Morgan fingerprint density at radius 3 is 2.06 bits per heavy atom. The van der Waals surface area contributed by atoms with Crippen LogP contribution in [-0.4, -0.2) is 26.3 Å². The molecule has 170 valence electrons. The summed E-state index contributed by atoms with van der Waals surface area (Å²) in [5, 5.41) is 12.9. The number of benzene rings is 3. The second-order valence-corrected chi connectivity index (χ2v) is 7.25. The number of hydrazine groups is 1. The van der Waals surface area contributed by atoms with E-state index < -0.39 is 4.92 Å². The number of ether oxygens (including phenoxy) is 3. The molecule has 1 unspecified atom stereocenters. The number of hydrogen-bond donors (Lipinski definition) is 1. The van der Waals surface area contributed by atoms with E-state index in [0.29, 0.717) is 17.2 Å². The minimum atomic E-state index is -0.441. The molecule has 1 N–H and O–H groups in total. The maximum absolute atomic E-state index is 13.6. The van der Waals surface area contributed by atoms with Crippen molar-refractivity contribution in [1.29, 1.82) is 0 Å². The summed E-state index contributed by atoms with van der Waals surface area (Å²) in [6.07, 6.45) is 1.98. The quantitative estimate of drug-likeness (QED) is 0.405. The topological polar surface area (TPSA) is 86.1 Å². The number of hydrogen-bond acceptors (Lipinski definition) is 7. The van der Waals surface area contributed by atoms with Crippen molar-refractivity contribution in [3.05, 3.63) is 93.8 Å². The maximum Gasteiger partial charge on any atom is 0.269 e. The minimum absolute atomic E-state index is 0.00825. The van der Waals surface area contributed by atoms with Crippen molar-refractivity contribution in [1.82, 2.24) is 5.43 Å². The van der Waals surface area contributed by atoms with Crippen LogP contribution in [0.4, 0.5) is 15.8 Å². The Hall–Kier alpha value is -4.27. The first-order valence-corrected chi connectivity index (χ1v) is 10.0. The summed E-state index contributed by atoms with van der Waals surface area (Å²) in [4.78, 5) is 10.6. The summed E-state index contributed by atoms with van der Waals surface area (Å²) >= 11 is 0. The second kappa shape index (κ2) is 9.07. The molecule has 1 aliphatic rings. The lowest BCUT2D eigenvalue weighted by atomic mass is 10.0. The van der Waals surface area contributed by atoms with Crippen LogP contribution in [-0.2, 0) is 0 Å². The van der Waals surface area contributed by atoms with E-state index in [1.54, 1.807) is 38.5 Å². The molecule has 1 atom stereocenters. The van der Waals surface area contributed by atoms with E-state index >= 15 is 0 Å². The predicted octanol–water partition coefficient (Wildman–Crippen LogP) is 4.87. The molecule has 0 saturated heterocycles. The number of non-ortho nitro benzene ring substituents is 1. The van der Waals surface area contributed by atoms with Gasteiger partial charge in [0, 0.05) is 12.1 Å². The van der Waals surface area contributed by atoms with E-state index in [1.165, 1.54) is 31.4 Å². The molecular formula is C24H22FN3O5. The summed E-state index contributed by atoms with van der Waals surface area (Å²) in [6, 6.07) is 15.7. The third-order valence-electron chi connectivity index (χ3n) is 5.37. The fourth-order valence-corrected chi connectivity index (χ4v) is 3.74. The number of halogens is 1. The minimum Gasteiger partial charge on any atom is -0.493 e. The van der Waals surface area contributed by atoms with E-state index in [0.717, 1.165) is 22.5 Å². The predicted molar refractivity (Wildman–Crippen MR) is 122 cm³/mol. The Kier molecular flexibility index (Phi) is 6.03. The molecule has 8 nitrogen and oxygen atoms in total. The average molecular weight is 451 g/mol. The van der Waals surface area contributed by atoms with Crippen LogP contribution in [0.2, 0.25) is 0 Å². The van der Waals surface area contributed by atoms with E-state index in [4.69, 9.17) is 14.2 Å². The van der Waals surface area contributed by atoms with Gasteiger partial charge in [0.05, 0.1) is 43.7 Å². The van der Waals surface area contributed by atoms with Crippen LogP contribution in [0.15, 0.2) is 66.7 Å². The molecule has 1 aliphatic heterocycles. The highest BCUT2D eigenvalue weighted by Crippen LogP contribution is 2.43. The van der Waals surface area contributed by atoms with Gasteiger partial charge in [0.25, 0.3) is 5.69 Å². The van der Waals surface area contributed by atoms with Gasteiger partial charge in [-0.3, -0.25) is 20.5 Å². The number of nitro groups is 1. The van der Waals surface area contributed by atoms with Crippen LogP contribution in [0.25, 0.3) is 5.70 Å². The lowest BCUT2D eigenvalue weighted by Crippen LogP contribution is -2.34. The monoisotopic (exact) mass is 451 g/mol. The number of methoxy groups -OCH3 is 3. The summed E-state index contributed by atoms with van der Waals surface area (Å²) in [6.45, 7) is 0. The second-order valence-electron chi connectivity index (χ2n) is 7.25. The third kappa shape index (κ3) is 4.25. The van der Waals surface area contributed by atoms with E-state index in [1.807, 2.05) is 23.2 Å². The molecule has 0 spiro atoms. The molecule has 33 heavy (non-hydrogen) atoms. The molecule has 0 bridgehead atoms. The summed E-state index contributed by atoms with van der Waals surface area (Å²) in [7, 11) is 4.63. The number of nitrogens with zero attached hydrogens (tertiary/aromatic N) is 2. The summed E-state index contributed by atoms with van der Waals surface area (Å²) < 4.78 is 30.0. The first-order chi connectivity index (χ1) is 15.9. The van der Waals surface area contributed by atoms with E-state index in [2.05, 4.69) is 5.43 Å². The number of nitrogens with one attached hydrogen (secondary N) is 1. The molecule has 0 radical (unpaired) electrons. The molecule has 9 heteroatoms. The normalized spacial score (nSPS) is 15.0. The first kappa shape index (κ1) is 21.9. The van der Waals surface area contributed by atoms with Gasteiger partial charge in [0.2, 0.25) is 5.75 Å². The average Bonchev–Trinajstić information content (AvgIpc) is 3.29. The van der Waals surface area contributed by atoms with Crippen LogP contribution in [0.3, 0.4) is 0 Å². The summed E-state index contributed by atoms with van der Waals surface area (Å²) in [5.41, 5.74) is 6.41. The Morgan fingerprint density at radius 2 is 1.55 bits per heavy atom. The standard InChI is InChI=1S/C24H22FN3O5/c1-31-22-12-16(13-23(32-2)24(22)33-3)21-14-20(15-4-8-19(9-5-15)28(29)30)26-27(21)18-10-6-17(25)7-11-18/h4-14,21,26H,1-3H3. The van der Waals surface area contributed by atoms with Crippen molar-refractivity contribution in [2.75, 3.05) is 26.3 Å². The number of rotatable bonds is 7. The van der Waals surface area contributed by atoms with Gasteiger partial charge in [0.1, 0.15) is 5.82 Å². The molecule has 0 fully saturated rings. The Labute approximate surface area is 189 Å². The molecular weight excluding hydrogens is 429 g/mol. The fraction of sp³-hybridized carbons (Fsp3) is 0.167. The molecule has 0 aliphatic carbocycles. The maximum atomic E-state index is 13.6. The molecule has 0 aromatic heterocycles. The molecule has 4 rings (SSSR count). The van der Waals surface area contributed by atoms with Crippen molar-refractivity contribution in [3.8, 4) is 17.2 Å². The van der Waals surface area contributed by atoms with Gasteiger partial charge < -0.3 is 14.2 Å². The van der Waals surface area contributed by atoms with E-state index in [-0.39, 0.29) is 17.5 Å². The van der Waals surface area contributed by atoms with Gasteiger partial charge >= 0.3 is 0 Å². The van der Waals surface area contributed by atoms with Gasteiger partial charge in [-0.1, -0.05) is 0 Å². The van der Waals surface area contributed by atoms with Gasteiger partial charge in [-0.2, -0.15) is 0 Å². The molecule has 3 aromatic carbocycles. The van der Waals surface area contributed by atoms with Crippen LogP contribution >= 0.6 is 0 Å². The molecule has 0 saturated carbocycles. The van der Waals surface area contributed by atoms with Crippen LogP contribution in [0, 0.1) is 15.9 Å². The lowest BCUT2D eigenvalue weighted by Gasteiger charge is -2.28. The van der Waals surface area contributed by atoms with Crippen LogP contribution in [0.1, 0.15) is 17.2 Å². The molecule has 1 heterocycles. The van der Waals surface area contributed by atoms with E-state index in [9.17, 15) is 14.5 Å². The van der Waals surface area contributed by atoms with Crippen molar-refractivity contribution < 1.29 is 23.5 Å². The zero-order chi connectivity index (χ0) is 23.5. The highest BCUT2D eigenvalue weighted by Gasteiger charge is 2.29. The molecule has 0 amide bonds. The first-order valence-electron chi connectivity index (χ1n) is 10.0. The smallest absolute Gasteiger partial charge is 0.269 e. The third-order valence-corrected chi connectivity index (χ3v) is 5.37. The Morgan fingerprint density at radius 1 is 0.939 bits per heavy atom. The van der Waals surface area contributed by atoms with Crippen LogP contribution in [0.5, 0.6) is 17.2 Å². The largest absolute Gasteiger partial charge is 0.493 e. The van der Waals surface area contributed by atoms with Gasteiger partial charge in [0.15, 0.2) is 11.5 Å². The Balaban J connectivity index is 1.80. The van der Waals surface area contributed by atoms with Gasteiger partial charge in [-0.05, 0) is 65.7 Å². The zero-order valence-electron chi connectivity index (χ0n) is 18.2. The van der Waals surface area contributed by atoms with Crippen molar-refractivity contribution >= 4 is 17.1 Å². The van der Waals surface area contributed by atoms with Crippen molar-refractivity contribution in [2.24, 2.45) is 0 Å².